The molecule has 0 aliphatic heterocycles. The smallest absolute Gasteiger partial charge is 0.254 e. The van der Waals surface area contributed by atoms with Gasteiger partial charge in [-0.3, -0.25) is 4.79 Å². The molecule has 0 atom stereocenters. The first-order valence-electron chi connectivity index (χ1n) is 6.08. The fourth-order valence-electron chi connectivity index (χ4n) is 1.64. The van der Waals surface area contributed by atoms with Gasteiger partial charge in [0.15, 0.2) is 0 Å². The molecule has 0 spiro atoms. The van der Waals surface area contributed by atoms with Crippen LogP contribution < -0.4 is 11.1 Å². The van der Waals surface area contributed by atoms with Crippen molar-refractivity contribution in [3.05, 3.63) is 39.2 Å². The van der Waals surface area contributed by atoms with Gasteiger partial charge in [0.2, 0.25) is 0 Å². The number of nitrogens with two attached hydrogens (primary N) is 1. The summed E-state index contributed by atoms with van der Waals surface area (Å²) in [4.78, 5) is 17.5. The van der Waals surface area contributed by atoms with E-state index in [0.29, 0.717) is 24.4 Å². The number of carbonyl (C=O) groups is 1. The van der Waals surface area contributed by atoms with Crippen LogP contribution in [0.1, 0.15) is 31.7 Å². The third-order valence-electron chi connectivity index (χ3n) is 2.81. The Labute approximate surface area is 115 Å². The van der Waals surface area contributed by atoms with E-state index in [2.05, 4.69) is 17.2 Å². The van der Waals surface area contributed by atoms with Gasteiger partial charge in [-0.15, -0.1) is 11.3 Å². The van der Waals surface area contributed by atoms with Crippen molar-refractivity contribution in [1.29, 1.82) is 0 Å². The number of hydrogen-bond acceptors (Lipinski definition) is 5. The summed E-state index contributed by atoms with van der Waals surface area (Å²) in [5.74, 6) is 0.463. The largest absolute Gasteiger partial charge is 0.467 e. The molecule has 2 rings (SSSR count). The van der Waals surface area contributed by atoms with Gasteiger partial charge >= 0.3 is 0 Å². The van der Waals surface area contributed by atoms with E-state index in [1.165, 1.54) is 11.1 Å². The minimum absolute atomic E-state index is 0.145. The molecule has 0 saturated carbocycles. The minimum Gasteiger partial charge on any atom is -0.467 e. The summed E-state index contributed by atoms with van der Waals surface area (Å²) in [6, 6.07) is 1.66. The lowest BCUT2D eigenvalue weighted by atomic mass is 10.3. The number of nitrogens with one attached hydrogen (secondary N) is 1. The number of carbonyl (C=O) groups excluding carboxylic acids is 1. The summed E-state index contributed by atoms with van der Waals surface area (Å²) in [5, 5.41) is 3.89. The highest BCUT2D eigenvalue weighted by Gasteiger charge is 2.09. The van der Waals surface area contributed by atoms with Gasteiger partial charge in [0.05, 0.1) is 22.8 Å². The van der Waals surface area contributed by atoms with E-state index in [-0.39, 0.29) is 5.91 Å². The Morgan fingerprint density at radius 1 is 1.53 bits per heavy atom. The van der Waals surface area contributed by atoms with Crippen LogP contribution in [0, 0.1) is 13.8 Å². The molecule has 3 N–H and O–H groups in total. The molecule has 0 fully saturated rings. The molecule has 102 valence electrons. The highest BCUT2D eigenvalue weighted by atomic mass is 32.1. The van der Waals surface area contributed by atoms with Crippen LogP contribution >= 0.6 is 11.3 Å². The van der Waals surface area contributed by atoms with Gasteiger partial charge in [-0.2, -0.15) is 0 Å². The molecule has 2 aromatic rings. The lowest BCUT2D eigenvalue weighted by Gasteiger charge is -2.00. The standard InChI is InChI=1S/C13H17N3O2S/c1-8-9(2)19-12(16-8)3-4-15-13(17)10-5-11(6-14)18-7-10/h5,7H,3-4,6,14H2,1-2H3,(H,15,17). The number of aryl methyl sites for hydroxylation is 2. The number of aromatic nitrogens is 1. The fourth-order valence-corrected chi connectivity index (χ4v) is 2.57. The molecule has 6 heteroatoms. The monoisotopic (exact) mass is 279 g/mol. The quantitative estimate of drug-likeness (QED) is 0.874. The zero-order chi connectivity index (χ0) is 13.8. The van der Waals surface area contributed by atoms with Crippen molar-refractivity contribution in [3.8, 4) is 0 Å². The maximum Gasteiger partial charge on any atom is 0.254 e. The van der Waals surface area contributed by atoms with Crippen molar-refractivity contribution < 1.29 is 9.21 Å². The topological polar surface area (TPSA) is 81.2 Å². The van der Waals surface area contributed by atoms with Crippen LogP contribution in [0.25, 0.3) is 0 Å². The number of hydrogen-bond donors (Lipinski definition) is 2. The van der Waals surface area contributed by atoms with E-state index in [1.54, 1.807) is 17.4 Å². The van der Waals surface area contributed by atoms with Gasteiger partial charge in [-0.1, -0.05) is 0 Å². The normalized spacial score (nSPS) is 10.7. The summed E-state index contributed by atoms with van der Waals surface area (Å²) in [6.07, 6.45) is 2.17. The van der Waals surface area contributed by atoms with Gasteiger partial charge in [0.1, 0.15) is 12.0 Å². The number of nitrogens with zero attached hydrogens (tertiary/aromatic N) is 1. The maximum atomic E-state index is 11.8. The van der Waals surface area contributed by atoms with Crippen molar-refractivity contribution in [2.24, 2.45) is 5.73 Å². The first-order chi connectivity index (χ1) is 9.10. The van der Waals surface area contributed by atoms with Crippen LogP contribution in [0.3, 0.4) is 0 Å². The first-order valence-corrected chi connectivity index (χ1v) is 6.90. The maximum absolute atomic E-state index is 11.8. The summed E-state index contributed by atoms with van der Waals surface area (Å²) >= 11 is 1.67. The Morgan fingerprint density at radius 2 is 2.32 bits per heavy atom. The van der Waals surface area contributed by atoms with Crippen molar-refractivity contribution in [3.63, 3.8) is 0 Å². The average Bonchev–Trinajstić information content (AvgIpc) is 2.97. The van der Waals surface area contributed by atoms with E-state index in [9.17, 15) is 4.79 Å². The molecular formula is C13H17N3O2S. The van der Waals surface area contributed by atoms with E-state index in [1.807, 2.05) is 6.92 Å². The molecule has 0 radical (unpaired) electrons. The SMILES string of the molecule is Cc1nc(CCNC(=O)c2coc(CN)c2)sc1C. The van der Waals surface area contributed by atoms with E-state index in [4.69, 9.17) is 10.2 Å². The molecule has 5 nitrogen and oxygen atoms in total. The van der Waals surface area contributed by atoms with Crippen LogP contribution in [0.2, 0.25) is 0 Å². The van der Waals surface area contributed by atoms with Crippen LogP contribution in [0.15, 0.2) is 16.7 Å². The second kappa shape index (κ2) is 5.99. The van der Waals surface area contributed by atoms with Crippen LogP contribution in [0.4, 0.5) is 0 Å². The second-order valence-corrected chi connectivity index (χ2v) is 5.55. The summed E-state index contributed by atoms with van der Waals surface area (Å²) in [5.41, 5.74) is 6.99. The summed E-state index contributed by atoms with van der Waals surface area (Å²) in [6.45, 7) is 4.90. The van der Waals surface area contributed by atoms with Crippen LogP contribution in [0.5, 0.6) is 0 Å². The lowest BCUT2D eigenvalue weighted by Crippen LogP contribution is -2.25. The first kappa shape index (κ1) is 13.8. The zero-order valence-corrected chi connectivity index (χ0v) is 11.8. The summed E-state index contributed by atoms with van der Waals surface area (Å²) in [7, 11) is 0. The molecule has 0 aromatic carbocycles. The van der Waals surface area contributed by atoms with Gasteiger partial charge in [0.25, 0.3) is 5.91 Å². The second-order valence-electron chi connectivity index (χ2n) is 4.26. The average molecular weight is 279 g/mol. The summed E-state index contributed by atoms with van der Waals surface area (Å²) < 4.78 is 5.12. The zero-order valence-electron chi connectivity index (χ0n) is 11.0. The highest BCUT2D eigenvalue weighted by molar-refractivity contribution is 7.11. The molecule has 2 heterocycles. The molecule has 0 aliphatic rings. The number of furan rings is 1. The Kier molecular flexibility index (Phi) is 4.34. The molecule has 2 aromatic heterocycles. The Morgan fingerprint density at radius 3 is 2.89 bits per heavy atom. The van der Waals surface area contributed by atoms with Crippen LogP contribution in [-0.2, 0) is 13.0 Å². The Hall–Kier alpha value is -1.66. The third-order valence-corrected chi connectivity index (χ3v) is 3.95. The van der Waals surface area contributed by atoms with E-state index < -0.39 is 0 Å². The molecule has 0 bridgehead atoms. The number of amides is 1. The third kappa shape index (κ3) is 3.42. The minimum atomic E-state index is -0.145. The highest BCUT2D eigenvalue weighted by Crippen LogP contribution is 2.16. The van der Waals surface area contributed by atoms with Gasteiger partial charge in [-0.25, -0.2) is 4.98 Å². The number of thiazole rings is 1. The fraction of sp³-hybridized carbons (Fsp3) is 0.385. The van der Waals surface area contributed by atoms with Crippen molar-refractivity contribution in [2.45, 2.75) is 26.8 Å². The Bertz CT molecular complexity index is 555. The predicted molar refractivity (Wildman–Crippen MR) is 74.2 cm³/mol. The van der Waals surface area contributed by atoms with Crippen LogP contribution in [-0.4, -0.2) is 17.4 Å². The van der Waals surface area contributed by atoms with Crippen molar-refractivity contribution >= 4 is 17.2 Å². The molecule has 19 heavy (non-hydrogen) atoms. The Balaban J connectivity index is 1.83. The van der Waals surface area contributed by atoms with Gasteiger partial charge in [0, 0.05) is 17.8 Å². The van der Waals surface area contributed by atoms with Crippen molar-refractivity contribution in [2.75, 3.05) is 6.54 Å². The van der Waals surface area contributed by atoms with Gasteiger partial charge in [-0.05, 0) is 19.9 Å². The predicted octanol–water partition coefficient (Wildman–Crippen LogP) is 1.78. The number of rotatable bonds is 5. The molecule has 0 aliphatic carbocycles. The lowest BCUT2D eigenvalue weighted by molar-refractivity contribution is 0.0953. The molecular weight excluding hydrogens is 262 g/mol. The van der Waals surface area contributed by atoms with Gasteiger partial charge < -0.3 is 15.5 Å². The van der Waals surface area contributed by atoms with E-state index in [0.717, 1.165) is 17.1 Å². The molecule has 0 unspecified atom stereocenters. The molecule has 0 saturated heterocycles. The van der Waals surface area contributed by atoms with Crippen molar-refractivity contribution in [1.82, 2.24) is 10.3 Å². The molecule has 1 amide bonds. The van der Waals surface area contributed by atoms with E-state index >= 15 is 0 Å².